The molecular weight excluding hydrogens is 310 g/mol. The van der Waals surface area contributed by atoms with Gasteiger partial charge in [0.2, 0.25) is 0 Å². The number of benzene rings is 2. The van der Waals surface area contributed by atoms with Crippen LogP contribution >= 0.6 is 11.6 Å². The minimum absolute atomic E-state index is 0.168. The van der Waals surface area contributed by atoms with Crippen molar-refractivity contribution in [1.29, 1.82) is 0 Å². The topological polar surface area (TPSA) is 38.3 Å². The second kappa shape index (κ2) is 7.51. The molecule has 1 N–H and O–H groups in total. The van der Waals surface area contributed by atoms with Crippen LogP contribution in [0.25, 0.3) is 0 Å². The molecule has 0 saturated carbocycles. The second-order valence-electron chi connectivity index (χ2n) is 5.61. The smallest absolute Gasteiger partial charge is 0.265 e. The standard InChI is InChI=1S/C19H22ClNO2/c1-5-17(23-18-11-6-8-12(2)13(18)3)19(22)21-16-10-7-9-15(20)14(16)4/h6-11,17H,5H2,1-4H3,(H,21,22)/t17-/m1/s1. The number of halogens is 1. The van der Waals surface area contributed by atoms with Crippen molar-refractivity contribution in [2.75, 3.05) is 5.32 Å². The minimum Gasteiger partial charge on any atom is -0.480 e. The van der Waals surface area contributed by atoms with Crippen molar-refractivity contribution in [1.82, 2.24) is 0 Å². The van der Waals surface area contributed by atoms with Gasteiger partial charge in [0.05, 0.1) is 0 Å². The maximum Gasteiger partial charge on any atom is 0.265 e. The van der Waals surface area contributed by atoms with Crippen LogP contribution in [0.3, 0.4) is 0 Å². The van der Waals surface area contributed by atoms with Gasteiger partial charge in [-0.15, -0.1) is 0 Å². The molecule has 0 aliphatic carbocycles. The van der Waals surface area contributed by atoms with Crippen LogP contribution < -0.4 is 10.1 Å². The van der Waals surface area contributed by atoms with E-state index in [0.29, 0.717) is 17.1 Å². The molecule has 0 aromatic heterocycles. The molecule has 0 heterocycles. The van der Waals surface area contributed by atoms with Crippen LogP contribution in [0.15, 0.2) is 36.4 Å². The molecule has 4 heteroatoms. The average Bonchev–Trinajstić information content (AvgIpc) is 2.53. The summed E-state index contributed by atoms with van der Waals surface area (Å²) in [6, 6.07) is 11.3. The van der Waals surface area contributed by atoms with E-state index in [4.69, 9.17) is 16.3 Å². The fourth-order valence-electron chi connectivity index (χ4n) is 2.28. The molecule has 0 unspecified atom stereocenters. The Kier molecular flexibility index (Phi) is 5.67. The molecule has 2 aromatic rings. The van der Waals surface area contributed by atoms with Gasteiger partial charge in [-0.2, -0.15) is 0 Å². The maximum absolute atomic E-state index is 12.5. The minimum atomic E-state index is -0.547. The number of hydrogen-bond donors (Lipinski definition) is 1. The van der Waals surface area contributed by atoms with Crippen molar-refractivity contribution in [2.45, 2.75) is 40.2 Å². The lowest BCUT2D eigenvalue weighted by molar-refractivity contribution is -0.122. The number of hydrogen-bond acceptors (Lipinski definition) is 2. The molecule has 122 valence electrons. The van der Waals surface area contributed by atoms with Crippen LogP contribution in [0.4, 0.5) is 5.69 Å². The molecule has 0 bridgehead atoms. The van der Waals surface area contributed by atoms with E-state index in [-0.39, 0.29) is 5.91 Å². The fraction of sp³-hybridized carbons (Fsp3) is 0.316. The van der Waals surface area contributed by atoms with Crippen molar-refractivity contribution in [3.63, 3.8) is 0 Å². The Morgan fingerprint density at radius 1 is 1.13 bits per heavy atom. The number of aryl methyl sites for hydroxylation is 1. The van der Waals surface area contributed by atoms with E-state index >= 15 is 0 Å². The van der Waals surface area contributed by atoms with E-state index in [1.165, 1.54) is 0 Å². The highest BCUT2D eigenvalue weighted by Crippen LogP contribution is 2.25. The molecule has 0 radical (unpaired) electrons. The van der Waals surface area contributed by atoms with Crippen LogP contribution in [-0.4, -0.2) is 12.0 Å². The highest BCUT2D eigenvalue weighted by atomic mass is 35.5. The van der Waals surface area contributed by atoms with Gasteiger partial charge in [0.15, 0.2) is 6.10 Å². The van der Waals surface area contributed by atoms with Gasteiger partial charge in [-0.3, -0.25) is 4.79 Å². The number of ether oxygens (including phenoxy) is 1. The van der Waals surface area contributed by atoms with Crippen LogP contribution in [0, 0.1) is 20.8 Å². The first-order valence-electron chi connectivity index (χ1n) is 7.72. The summed E-state index contributed by atoms with van der Waals surface area (Å²) in [6.07, 6.45) is 0.0348. The number of carbonyl (C=O) groups is 1. The van der Waals surface area contributed by atoms with Gasteiger partial charge >= 0.3 is 0 Å². The van der Waals surface area contributed by atoms with Gasteiger partial charge < -0.3 is 10.1 Å². The van der Waals surface area contributed by atoms with Crippen molar-refractivity contribution in [2.24, 2.45) is 0 Å². The summed E-state index contributed by atoms with van der Waals surface area (Å²) in [5, 5.41) is 3.54. The van der Waals surface area contributed by atoms with Crippen molar-refractivity contribution in [3.05, 3.63) is 58.1 Å². The van der Waals surface area contributed by atoms with Crippen molar-refractivity contribution in [3.8, 4) is 5.75 Å². The first-order chi connectivity index (χ1) is 10.9. The summed E-state index contributed by atoms with van der Waals surface area (Å²) in [5.74, 6) is 0.577. The molecule has 0 fully saturated rings. The van der Waals surface area contributed by atoms with Crippen LogP contribution in [0.2, 0.25) is 5.02 Å². The Labute approximate surface area is 142 Å². The van der Waals surface area contributed by atoms with Gasteiger partial charge in [0.1, 0.15) is 5.75 Å². The first kappa shape index (κ1) is 17.4. The fourth-order valence-corrected chi connectivity index (χ4v) is 2.46. The summed E-state index contributed by atoms with van der Waals surface area (Å²) in [4.78, 5) is 12.5. The number of amides is 1. The van der Waals surface area contributed by atoms with Gasteiger partial charge in [-0.1, -0.05) is 36.7 Å². The Balaban J connectivity index is 2.15. The van der Waals surface area contributed by atoms with E-state index < -0.39 is 6.10 Å². The van der Waals surface area contributed by atoms with E-state index in [1.54, 1.807) is 6.07 Å². The molecule has 0 spiro atoms. The Hall–Kier alpha value is -2.00. The molecule has 1 amide bonds. The zero-order chi connectivity index (χ0) is 17.0. The van der Waals surface area contributed by atoms with E-state index in [9.17, 15) is 4.79 Å². The highest BCUT2D eigenvalue weighted by molar-refractivity contribution is 6.31. The van der Waals surface area contributed by atoms with E-state index in [0.717, 1.165) is 22.4 Å². The third-order valence-electron chi connectivity index (χ3n) is 4.01. The number of nitrogens with one attached hydrogen (secondary N) is 1. The van der Waals surface area contributed by atoms with Gasteiger partial charge in [0, 0.05) is 10.7 Å². The second-order valence-corrected chi connectivity index (χ2v) is 6.02. The largest absolute Gasteiger partial charge is 0.480 e. The molecular formula is C19H22ClNO2. The number of anilines is 1. The molecule has 2 rings (SSSR count). The first-order valence-corrected chi connectivity index (χ1v) is 8.10. The predicted molar refractivity (Wildman–Crippen MR) is 95.4 cm³/mol. The zero-order valence-corrected chi connectivity index (χ0v) is 14.7. The van der Waals surface area contributed by atoms with Gasteiger partial charge in [-0.05, 0) is 62.1 Å². The Morgan fingerprint density at radius 3 is 2.52 bits per heavy atom. The normalized spacial score (nSPS) is 11.9. The predicted octanol–water partition coefficient (Wildman–Crippen LogP) is 5.06. The third kappa shape index (κ3) is 4.05. The third-order valence-corrected chi connectivity index (χ3v) is 4.42. The Bertz CT molecular complexity index is 713. The highest BCUT2D eigenvalue weighted by Gasteiger charge is 2.20. The molecule has 23 heavy (non-hydrogen) atoms. The number of rotatable bonds is 5. The Morgan fingerprint density at radius 2 is 1.83 bits per heavy atom. The maximum atomic E-state index is 12.5. The molecule has 2 aromatic carbocycles. The molecule has 3 nitrogen and oxygen atoms in total. The van der Waals surface area contributed by atoms with E-state index in [1.807, 2.05) is 58.0 Å². The summed E-state index contributed by atoms with van der Waals surface area (Å²) in [6.45, 7) is 7.83. The van der Waals surface area contributed by atoms with Crippen molar-refractivity contribution < 1.29 is 9.53 Å². The van der Waals surface area contributed by atoms with Crippen LogP contribution in [-0.2, 0) is 4.79 Å². The molecule has 0 saturated heterocycles. The lowest BCUT2D eigenvalue weighted by atomic mass is 10.1. The van der Waals surface area contributed by atoms with Crippen LogP contribution in [0.1, 0.15) is 30.0 Å². The van der Waals surface area contributed by atoms with Gasteiger partial charge in [-0.25, -0.2) is 0 Å². The molecule has 0 aliphatic rings. The number of carbonyl (C=O) groups excluding carboxylic acids is 1. The monoisotopic (exact) mass is 331 g/mol. The zero-order valence-electron chi connectivity index (χ0n) is 13.9. The van der Waals surface area contributed by atoms with E-state index in [2.05, 4.69) is 5.32 Å². The summed E-state index contributed by atoms with van der Waals surface area (Å²) >= 11 is 6.10. The quantitative estimate of drug-likeness (QED) is 0.831. The lowest BCUT2D eigenvalue weighted by Crippen LogP contribution is -2.32. The molecule has 0 aliphatic heterocycles. The average molecular weight is 332 g/mol. The van der Waals surface area contributed by atoms with Crippen molar-refractivity contribution >= 4 is 23.2 Å². The summed E-state index contributed by atoms with van der Waals surface area (Å²) in [5.41, 5.74) is 3.76. The molecule has 1 atom stereocenters. The summed E-state index contributed by atoms with van der Waals surface area (Å²) in [7, 11) is 0. The van der Waals surface area contributed by atoms with Gasteiger partial charge in [0.25, 0.3) is 5.91 Å². The lowest BCUT2D eigenvalue weighted by Gasteiger charge is -2.20. The van der Waals surface area contributed by atoms with Crippen LogP contribution in [0.5, 0.6) is 5.75 Å². The summed E-state index contributed by atoms with van der Waals surface area (Å²) < 4.78 is 5.93. The SMILES string of the molecule is CC[C@@H](Oc1cccc(C)c1C)C(=O)Nc1cccc(Cl)c1C.